The molecule has 0 radical (unpaired) electrons. The van der Waals surface area contributed by atoms with Crippen LogP contribution in [0.25, 0.3) is 78.7 Å². The molecule has 0 aliphatic carbocycles. The van der Waals surface area contributed by atoms with E-state index in [1.807, 2.05) is 109 Å². The van der Waals surface area contributed by atoms with E-state index < -0.39 is 0 Å². The highest BCUT2D eigenvalue weighted by molar-refractivity contribution is 6.31. The largest absolute Gasteiger partial charge is 0.354 e. The van der Waals surface area contributed by atoms with Crippen molar-refractivity contribution in [2.24, 2.45) is 4.99 Å². The number of hydrogen-bond donors (Lipinski definition) is 2. The van der Waals surface area contributed by atoms with Gasteiger partial charge in [0, 0.05) is 70.6 Å². The SMILES string of the molecule is O=[N+]([O-])c1c2c(-c3ccc(Cl)cc3)c3ccc([nH]3)c(-c3ccc(Cl)cc3)c3nc(c(-c4ccc(Cl)cc4)c4ccc([nH]4)c(-c4ccc(Cl)cc4)c1N=C2)C=C3. The Morgan fingerprint density at radius 3 is 1.22 bits per heavy atom. The van der Waals surface area contributed by atoms with Gasteiger partial charge < -0.3 is 9.97 Å². The summed E-state index contributed by atoms with van der Waals surface area (Å²) in [4.78, 5) is 30.3. The number of nitrogens with zero attached hydrogens (tertiary/aromatic N) is 3. The maximum Gasteiger partial charge on any atom is 0.304 e. The lowest BCUT2D eigenvalue weighted by Gasteiger charge is -2.08. The van der Waals surface area contributed by atoms with Gasteiger partial charge in [-0.25, -0.2) is 9.98 Å². The monoisotopic (exact) mass is 795 g/mol. The van der Waals surface area contributed by atoms with Crippen molar-refractivity contribution in [2.45, 2.75) is 0 Å². The average Bonchev–Trinajstić information content (AvgIpc) is 4.01. The van der Waals surface area contributed by atoms with Gasteiger partial charge in [-0.3, -0.25) is 10.1 Å². The van der Waals surface area contributed by atoms with E-state index >= 15 is 0 Å². The van der Waals surface area contributed by atoms with Gasteiger partial charge in [0.15, 0.2) is 5.69 Å². The molecule has 2 N–H and O–H groups in total. The fourth-order valence-electron chi connectivity index (χ4n) is 7.17. The summed E-state index contributed by atoms with van der Waals surface area (Å²) in [6, 6.07) is 37.2. The van der Waals surface area contributed by atoms with E-state index in [9.17, 15) is 10.1 Å². The second-order valence-corrected chi connectivity index (χ2v) is 14.7. The molecule has 0 unspecified atom stereocenters. The van der Waals surface area contributed by atoms with Crippen molar-refractivity contribution >= 4 is 98.2 Å². The van der Waals surface area contributed by atoms with Crippen LogP contribution in [-0.2, 0) is 0 Å². The highest BCUT2D eigenvalue weighted by atomic mass is 35.5. The molecule has 3 aromatic heterocycles. The Morgan fingerprint density at radius 2 is 0.818 bits per heavy atom. The van der Waals surface area contributed by atoms with Crippen LogP contribution in [0.5, 0.6) is 0 Å². The van der Waals surface area contributed by atoms with Gasteiger partial charge in [-0.15, -0.1) is 0 Å². The standard InChI is InChI=1S/C44H25Cl4N5O2/c45-28-9-1-24(2-10-28)39-32-23-49-43(44(32)53(54)55)42(27-7-15-31(48)16-8-27)38-22-21-37(52-38)41(26-5-13-30(47)14-6-26)36-20-19-35(51-36)40(34-18-17-33(39)50-34)25-3-11-29(46)12-4-25/h1-23,50,52H. The Labute approximate surface area is 334 Å². The minimum atomic E-state index is -0.369. The van der Waals surface area contributed by atoms with E-state index in [2.05, 4.69) is 9.97 Å². The summed E-state index contributed by atoms with van der Waals surface area (Å²) in [6.45, 7) is 0. The minimum Gasteiger partial charge on any atom is -0.354 e. The topological polar surface area (TPSA) is 100.0 Å². The zero-order valence-electron chi connectivity index (χ0n) is 28.4. The summed E-state index contributed by atoms with van der Waals surface area (Å²) < 4.78 is 0. The number of aromatic nitrogens is 3. The molecule has 7 aromatic rings. The molecule has 0 spiro atoms. The number of nitro groups is 1. The molecule has 9 rings (SSSR count). The van der Waals surface area contributed by atoms with Gasteiger partial charge in [-0.1, -0.05) is 94.9 Å². The van der Waals surface area contributed by atoms with Crippen LogP contribution in [-0.4, -0.2) is 26.1 Å². The molecular formula is C44H25Cl4N5O2. The van der Waals surface area contributed by atoms with Crippen LogP contribution in [0.2, 0.25) is 20.1 Å². The molecule has 266 valence electrons. The molecule has 0 saturated heterocycles. The van der Waals surface area contributed by atoms with Gasteiger partial charge >= 0.3 is 5.69 Å². The molecule has 0 atom stereocenters. The van der Waals surface area contributed by atoms with E-state index in [1.165, 1.54) is 0 Å². The number of halogens is 4. The summed E-state index contributed by atoms with van der Waals surface area (Å²) in [5, 5.41) is 15.6. The Hall–Kier alpha value is -5.96. The smallest absolute Gasteiger partial charge is 0.304 e. The lowest BCUT2D eigenvalue weighted by atomic mass is 9.99. The Balaban J connectivity index is 1.52. The molecule has 55 heavy (non-hydrogen) atoms. The first-order valence-electron chi connectivity index (χ1n) is 17.1. The molecule has 11 heteroatoms. The lowest BCUT2D eigenvalue weighted by Crippen LogP contribution is -1.94. The highest BCUT2D eigenvalue weighted by Gasteiger charge is 2.30. The molecule has 2 aliphatic rings. The van der Waals surface area contributed by atoms with Gasteiger partial charge in [-0.2, -0.15) is 0 Å². The molecule has 0 saturated carbocycles. The van der Waals surface area contributed by atoms with Crippen LogP contribution in [0.1, 0.15) is 17.0 Å². The molecule has 2 aliphatic heterocycles. The van der Waals surface area contributed by atoms with Crippen molar-refractivity contribution in [3.8, 4) is 44.5 Å². The number of rotatable bonds is 5. The number of aromatic amines is 2. The van der Waals surface area contributed by atoms with Gasteiger partial charge in [0.1, 0.15) is 0 Å². The first kappa shape index (κ1) is 34.8. The zero-order valence-corrected chi connectivity index (χ0v) is 31.5. The van der Waals surface area contributed by atoms with Crippen molar-refractivity contribution in [3.05, 3.63) is 168 Å². The van der Waals surface area contributed by atoms with Crippen molar-refractivity contribution in [1.29, 1.82) is 0 Å². The van der Waals surface area contributed by atoms with Crippen LogP contribution >= 0.6 is 46.4 Å². The number of benzene rings is 4. The van der Waals surface area contributed by atoms with Crippen LogP contribution in [0.3, 0.4) is 0 Å². The van der Waals surface area contributed by atoms with Gasteiger partial charge in [0.2, 0.25) is 0 Å². The highest BCUT2D eigenvalue weighted by Crippen LogP contribution is 2.47. The van der Waals surface area contributed by atoms with Crippen molar-refractivity contribution < 1.29 is 4.92 Å². The second-order valence-electron chi connectivity index (χ2n) is 12.9. The second kappa shape index (κ2) is 14.0. The minimum absolute atomic E-state index is 0.154. The molecule has 0 fully saturated rings. The van der Waals surface area contributed by atoms with E-state index in [4.69, 9.17) is 56.4 Å². The molecule has 0 amide bonds. The average molecular weight is 798 g/mol. The van der Waals surface area contributed by atoms with Gasteiger partial charge in [-0.05, 0) is 107 Å². The zero-order chi connectivity index (χ0) is 37.8. The number of hydrogen-bond acceptors (Lipinski definition) is 4. The van der Waals surface area contributed by atoms with Crippen LogP contribution in [0.4, 0.5) is 11.4 Å². The van der Waals surface area contributed by atoms with Crippen molar-refractivity contribution in [1.82, 2.24) is 15.0 Å². The Bertz CT molecular complexity index is 2720. The summed E-state index contributed by atoms with van der Waals surface area (Å²) in [6.07, 6.45) is 5.54. The van der Waals surface area contributed by atoms with Gasteiger partial charge in [0.25, 0.3) is 0 Å². The first-order valence-corrected chi connectivity index (χ1v) is 18.6. The molecule has 4 aromatic carbocycles. The third-order valence-electron chi connectivity index (χ3n) is 9.62. The third-order valence-corrected chi connectivity index (χ3v) is 10.6. The van der Waals surface area contributed by atoms with Crippen LogP contribution in [0, 0.1) is 10.1 Å². The van der Waals surface area contributed by atoms with E-state index in [0.717, 1.165) is 33.3 Å². The number of H-pyrrole nitrogens is 2. The first-order chi connectivity index (χ1) is 26.7. The number of fused-ring (bicyclic) bond motifs is 8. The van der Waals surface area contributed by atoms with E-state index in [-0.39, 0.29) is 16.3 Å². The van der Waals surface area contributed by atoms with E-state index in [1.54, 1.807) is 30.5 Å². The number of nitrogens with one attached hydrogen (secondary N) is 2. The number of aliphatic imine (C=N–C) groups is 1. The summed E-state index contributed by atoms with van der Waals surface area (Å²) in [5.41, 5.74) is 10.4. The predicted octanol–water partition coefficient (Wildman–Crippen LogP) is 14.0. The normalized spacial score (nSPS) is 12.0. The van der Waals surface area contributed by atoms with Crippen LogP contribution < -0.4 is 0 Å². The molecular weight excluding hydrogens is 772 g/mol. The third kappa shape index (κ3) is 6.41. The quantitative estimate of drug-likeness (QED) is 0.134. The summed E-state index contributed by atoms with van der Waals surface area (Å²) in [5.74, 6) is 0. The maximum atomic E-state index is 13.4. The molecule has 5 heterocycles. The Morgan fingerprint density at radius 1 is 0.473 bits per heavy atom. The van der Waals surface area contributed by atoms with Crippen molar-refractivity contribution in [2.75, 3.05) is 0 Å². The van der Waals surface area contributed by atoms with Crippen LogP contribution in [0.15, 0.2) is 126 Å². The molecule has 8 bridgehead atoms. The fourth-order valence-corrected chi connectivity index (χ4v) is 7.67. The van der Waals surface area contributed by atoms with Gasteiger partial charge in [0.05, 0.1) is 21.9 Å². The lowest BCUT2D eigenvalue weighted by molar-refractivity contribution is -0.383. The maximum absolute atomic E-state index is 13.4. The van der Waals surface area contributed by atoms with E-state index in [0.29, 0.717) is 70.3 Å². The summed E-state index contributed by atoms with van der Waals surface area (Å²) in [7, 11) is 0. The Kier molecular flexibility index (Phi) is 8.87. The van der Waals surface area contributed by atoms with Crippen molar-refractivity contribution in [3.63, 3.8) is 0 Å². The molecule has 7 nitrogen and oxygen atoms in total. The fraction of sp³-hybridized carbons (Fsp3) is 0. The summed E-state index contributed by atoms with van der Waals surface area (Å²) >= 11 is 25.4. The predicted molar refractivity (Wildman–Crippen MR) is 228 cm³/mol.